The van der Waals surface area contributed by atoms with Crippen molar-refractivity contribution in [1.82, 2.24) is 18.4 Å². The first kappa shape index (κ1) is 16.4. The van der Waals surface area contributed by atoms with E-state index in [0.29, 0.717) is 18.6 Å². The lowest BCUT2D eigenvalue weighted by Crippen LogP contribution is -2.31. The van der Waals surface area contributed by atoms with Crippen LogP contribution in [0.3, 0.4) is 0 Å². The molecule has 0 saturated heterocycles. The summed E-state index contributed by atoms with van der Waals surface area (Å²) in [5.41, 5.74) is 0.255. The smallest absolute Gasteiger partial charge is 0.308 e. The van der Waals surface area contributed by atoms with Crippen molar-refractivity contribution in [3.63, 3.8) is 0 Å². The van der Waals surface area contributed by atoms with Gasteiger partial charge in [-0.2, -0.15) is 3.97 Å². The van der Waals surface area contributed by atoms with Gasteiger partial charge in [-0.05, 0) is 32.3 Å². The Morgan fingerprint density at radius 1 is 1.08 bits per heavy atom. The minimum Gasteiger partial charge on any atom is -0.308 e. The molecule has 0 unspecified atom stereocenters. The van der Waals surface area contributed by atoms with Crippen molar-refractivity contribution in [3.8, 4) is 0 Å². The highest BCUT2D eigenvalue weighted by atomic mass is 32.2. The SMILES string of the molecule is CN(C)CCn1c(=O)n(S(=O)(=O)c2ccccc2)c2cnccc21. The topological polar surface area (TPSA) is 77.2 Å². The monoisotopic (exact) mass is 346 g/mol. The first-order chi connectivity index (χ1) is 11.4. The fourth-order valence-corrected chi connectivity index (χ4v) is 3.94. The maximum absolute atomic E-state index is 12.9. The van der Waals surface area contributed by atoms with Crippen LogP contribution in [0.4, 0.5) is 0 Å². The number of rotatable bonds is 5. The Balaban J connectivity index is 2.26. The van der Waals surface area contributed by atoms with Gasteiger partial charge in [0, 0.05) is 19.3 Å². The highest BCUT2D eigenvalue weighted by molar-refractivity contribution is 7.90. The maximum Gasteiger partial charge on any atom is 0.343 e. The van der Waals surface area contributed by atoms with Gasteiger partial charge in [0.1, 0.15) is 5.52 Å². The minimum absolute atomic E-state index is 0.0719. The van der Waals surface area contributed by atoms with Gasteiger partial charge in [0.25, 0.3) is 10.0 Å². The first-order valence-corrected chi connectivity index (χ1v) is 8.87. The maximum atomic E-state index is 12.9. The van der Waals surface area contributed by atoms with Gasteiger partial charge in [0.2, 0.25) is 0 Å². The third kappa shape index (κ3) is 2.74. The normalized spacial score (nSPS) is 12.1. The van der Waals surface area contributed by atoms with Gasteiger partial charge in [0.05, 0.1) is 16.6 Å². The number of aromatic nitrogens is 3. The summed E-state index contributed by atoms with van der Waals surface area (Å²) in [5.74, 6) is 0. The number of hydrogen-bond donors (Lipinski definition) is 0. The van der Waals surface area contributed by atoms with Gasteiger partial charge in [-0.25, -0.2) is 13.2 Å². The van der Waals surface area contributed by atoms with Crippen LogP contribution >= 0.6 is 0 Å². The predicted octanol–water partition coefficient (Wildman–Crippen LogP) is 0.997. The number of fused-ring (bicyclic) bond motifs is 1. The summed E-state index contributed by atoms with van der Waals surface area (Å²) >= 11 is 0. The molecule has 0 amide bonds. The van der Waals surface area contributed by atoms with Gasteiger partial charge in [-0.3, -0.25) is 9.55 Å². The third-order valence-corrected chi connectivity index (χ3v) is 5.45. The van der Waals surface area contributed by atoms with E-state index >= 15 is 0 Å². The van der Waals surface area contributed by atoms with E-state index in [1.54, 1.807) is 30.5 Å². The molecular formula is C16H18N4O3S. The lowest BCUT2D eigenvalue weighted by atomic mass is 10.4. The van der Waals surface area contributed by atoms with E-state index in [9.17, 15) is 13.2 Å². The molecule has 0 saturated carbocycles. The third-order valence-electron chi connectivity index (χ3n) is 3.74. The highest BCUT2D eigenvalue weighted by Gasteiger charge is 2.25. The standard InChI is InChI=1S/C16H18N4O3S/c1-18(2)10-11-19-14-8-9-17-12-15(14)20(16(19)21)24(22,23)13-6-4-3-5-7-13/h3-9,12H,10-11H2,1-2H3. The van der Waals surface area contributed by atoms with E-state index in [0.717, 1.165) is 3.97 Å². The average molecular weight is 346 g/mol. The lowest BCUT2D eigenvalue weighted by Gasteiger charge is -2.09. The molecule has 0 bridgehead atoms. The van der Waals surface area contributed by atoms with E-state index in [4.69, 9.17) is 0 Å². The first-order valence-electron chi connectivity index (χ1n) is 7.43. The van der Waals surface area contributed by atoms with Crippen LogP contribution in [0.2, 0.25) is 0 Å². The molecule has 0 aliphatic heterocycles. The summed E-state index contributed by atoms with van der Waals surface area (Å²) in [7, 11) is -0.194. The Kier molecular flexibility index (Phi) is 4.25. The van der Waals surface area contributed by atoms with Crippen molar-refractivity contribution in [3.05, 3.63) is 59.3 Å². The molecule has 3 rings (SSSR count). The number of nitrogens with zero attached hydrogens (tertiary/aromatic N) is 4. The Morgan fingerprint density at radius 3 is 2.46 bits per heavy atom. The van der Waals surface area contributed by atoms with Gasteiger partial charge >= 0.3 is 5.69 Å². The minimum atomic E-state index is -3.98. The lowest BCUT2D eigenvalue weighted by molar-refractivity contribution is 0.383. The number of hydrogen-bond acceptors (Lipinski definition) is 5. The zero-order chi connectivity index (χ0) is 17.3. The van der Waals surface area contributed by atoms with E-state index < -0.39 is 15.7 Å². The molecule has 0 aliphatic rings. The fourth-order valence-electron chi connectivity index (χ4n) is 2.53. The molecule has 126 valence electrons. The molecule has 0 spiro atoms. The van der Waals surface area contributed by atoms with Crippen LogP contribution < -0.4 is 5.69 Å². The second kappa shape index (κ2) is 6.21. The van der Waals surface area contributed by atoms with Gasteiger partial charge in [-0.1, -0.05) is 18.2 Å². The summed E-state index contributed by atoms with van der Waals surface area (Å²) in [6.45, 7) is 1.01. The van der Waals surface area contributed by atoms with Crippen molar-refractivity contribution in [2.75, 3.05) is 20.6 Å². The molecule has 24 heavy (non-hydrogen) atoms. The Morgan fingerprint density at radius 2 is 1.79 bits per heavy atom. The summed E-state index contributed by atoms with van der Waals surface area (Å²) < 4.78 is 28.2. The summed E-state index contributed by atoms with van der Waals surface area (Å²) in [6.07, 6.45) is 2.96. The molecule has 0 N–H and O–H groups in total. The molecule has 0 fully saturated rings. The van der Waals surface area contributed by atoms with Crippen molar-refractivity contribution < 1.29 is 8.42 Å². The number of likely N-dealkylation sites (N-methyl/N-ethyl adjacent to an activating group) is 1. The summed E-state index contributed by atoms with van der Waals surface area (Å²) in [6, 6.07) is 9.58. The van der Waals surface area contributed by atoms with E-state index in [-0.39, 0.29) is 10.4 Å². The molecule has 0 aliphatic carbocycles. The van der Waals surface area contributed by atoms with Crippen LogP contribution in [0.1, 0.15) is 0 Å². The molecule has 8 heteroatoms. The molecule has 1 aromatic carbocycles. The summed E-state index contributed by atoms with van der Waals surface area (Å²) in [5, 5.41) is 0. The van der Waals surface area contributed by atoms with Crippen LogP contribution in [0, 0.1) is 0 Å². The van der Waals surface area contributed by atoms with Crippen LogP contribution in [0.5, 0.6) is 0 Å². The van der Waals surface area contributed by atoms with Crippen LogP contribution in [0.25, 0.3) is 11.0 Å². The number of benzene rings is 1. The van der Waals surface area contributed by atoms with Crippen LogP contribution in [-0.4, -0.2) is 47.5 Å². The molecule has 7 nitrogen and oxygen atoms in total. The van der Waals surface area contributed by atoms with Gasteiger partial charge in [-0.15, -0.1) is 0 Å². The van der Waals surface area contributed by atoms with E-state index in [1.165, 1.54) is 22.9 Å². The molecular weight excluding hydrogens is 328 g/mol. The average Bonchev–Trinajstić information content (AvgIpc) is 2.85. The number of imidazole rings is 1. The zero-order valence-corrected chi connectivity index (χ0v) is 14.3. The molecule has 2 heterocycles. The Hall–Kier alpha value is -2.45. The number of pyridine rings is 1. The molecule has 2 aromatic heterocycles. The highest BCUT2D eigenvalue weighted by Crippen LogP contribution is 2.18. The van der Waals surface area contributed by atoms with Gasteiger partial charge < -0.3 is 4.90 Å². The van der Waals surface area contributed by atoms with Crippen molar-refractivity contribution in [2.45, 2.75) is 11.4 Å². The molecule has 0 radical (unpaired) electrons. The quantitative estimate of drug-likeness (QED) is 0.689. The van der Waals surface area contributed by atoms with Crippen LogP contribution in [0.15, 0.2) is 58.5 Å². The second-order valence-electron chi connectivity index (χ2n) is 5.68. The second-order valence-corrected chi connectivity index (χ2v) is 7.47. The van der Waals surface area contributed by atoms with Crippen molar-refractivity contribution in [1.29, 1.82) is 0 Å². The Bertz CT molecular complexity index is 1020. The Labute approximate surface area is 139 Å². The molecule has 3 aromatic rings. The van der Waals surface area contributed by atoms with Gasteiger partial charge in [0.15, 0.2) is 0 Å². The predicted molar refractivity (Wildman–Crippen MR) is 91.6 cm³/mol. The van der Waals surface area contributed by atoms with E-state index in [1.807, 2.05) is 19.0 Å². The van der Waals surface area contributed by atoms with Crippen molar-refractivity contribution >= 4 is 21.1 Å². The summed E-state index contributed by atoms with van der Waals surface area (Å²) in [4.78, 5) is 18.8. The van der Waals surface area contributed by atoms with E-state index in [2.05, 4.69) is 4.98 Å². The largest absolute Gasteiger partial charge is 0.343 e. The fraction of sp³-hybridized carbons (Fsp3) is 0.250. The van der Waals surface area contributed by atoms with Crippen LogP contribution in [-0.2, 0) is 16.6 Å². The zero-order valence-electron chi connectivity index (χ0n) is 13.5. The molecule has 0 atom stereocenters. The van der Waals surface area contributed by atoms with Crippen molar-refractivity contribution in [2.24, 2.45) is 0 Å².